The molecule has 1 aromatic carbocycles. The fourth-order valence-electron chi connectivity index (χ4n) is 3.00. The number of carbonyl (C=O) groups excluding carboxylic acids is 2. The molecule has 3 nitrogen and oxygen atoms in total. The molecule has 0 aliphatic heterocycles. The highest BCUT2D eigenvalue weighted by molar-refractivity contribution is 6.00. The third-order valence-corrected chi connectivity index (χ3v) is 4.35. The van der Waals surface area contributed by atoms with Gasteiger partial charge in [0.15, 0.2) is 0 Å². The molecule has 0 aromatic heterocycles. The van der Waals surface area contributed by atoms with E-state index in [4.69, 9.17) is 4.74 Å². The van der Waals surface area contributed by atoms with Gasteiger partial charge in [0.25, 0.3) is 5.78 Å². The predicted octanol–water partition coefficient (Wildman–Crippen LogP) is 4.97. The van der Waals surface area contributed by atoms with E-state index in [1.807, 2.05) is 6.92 Å². The Hall–Kier alpha value is -2.11. The van der Waals surface area contributed by atoms with E-state index in [1.165, 1.54) is 18.2 Å². The van der Waals surface area contributed by atoms with Crippen LogP contribution in [-0.4, -0.2) is 24.0 Å². The molecular weight excluding hydrogens is 333 g/mol. The first-order chi connectivity index (χ1) is 11.8. The van der Waals surface area contributed by atoms with Crippen molar-refractivity contribution in [3.05, 3.63) is 47.5 Å². The molecule has 0 saturated heterocycles. The van der Waals surface area contributed by atoms with Crippen molar-refractivity contribution in [3.63, 3.8) is 0 Å². The number of ether oxygens (including phenoxy) is 1. The van der Waals surface area contributed by atoms with Gasteiger partial charge in [-0.25, -0.2) is 4.79 Å². The predicted molar refractivity (Wildman–Crippen MR) is 87.3 cm³/mol. The first-order valence-electron chi connectivity index (χ1n) is 8.40. The zero-order valence-electron chi connectivity index (χ0n) is 14.0. The third-order valence-electron chi connectivity index (χ3n) is 4.35. The smallest absolute Gasteiger partial charge is 0.454 e. The van der Waals surface area contributed by atoms with Gasteiger partial charge in [-0.1, -0.05) is 37.3 Å². The van der Waals surface area contributed by atoms with Gasteiger partial charge < -0.3 is 4.74 Å². The van der Waals surface area contributed by atoms with Gasteiger partial charge in [-0.15, -0.1) is 0 Å². The summed E-state index contributed by atoms with van der Waals surface area (Å²) in [5, 5.41) is 0. The minimum Gasteiger partial charge on any atom is -0.459 e. The molecule has 0 bridgehead atoms. The van der Waals surface area contributed by atoms with E-state index in [0.717, 1.165) is 37.7 Å². The Morgan fingerprint density at radius 1 is 1.12 bits per heavy atom. The highest BCUT2D eigenvalue weighted by Gasteiger charge is 2.39. The highest BCUT2D eigenvalue weighted by Crippen LogP contribution is 2.34. The van der Waals surface area contributed by atoms with Gasteiger partial charge in [-0.05, 0) is 43.6 Å². The van der Waals surface area contributed by atoms with E-state index >= 15 is 0 Å². The lowest BCUT2D eigenvalue weighted by Crippen LogP contribution is -2.24. The molecule has 0 heterocycles. The number of Topliss-reactive ketones (excluding diaryl/α,β-unsaturated/α-hetero) is 1. The average Bonchev–Trinajstić information content (AvgIpc) is 2.59. The van der Waals surface area contributed by atoms with E-state index in [-0.39, 0.29) is 23.6 Å². The molecule has 6 heteroatoms. The number of alkyl halides is 3. The van der Waals surface area contributed by atoms with Crippen molar-refractivity contribution in [1.29, 1.82) is 0 Å². The number of allylic oxidation sites excluding steroid dienone is 1. The Labute approximate surface area is 144 Å². The van der Waals surface area contributed by atoms with Crippen LogP contribution in [0.5, 0.6) is 0 Å². The monoisotopic (exact) mass is 354 g/mol. The summed E-state index contributed by atoms with van der Waals surface area (Å²) in [6, 6.07) is 5.62. The molecule has 1 saturated carbocycles. The molecule has 1 fully saturated rings. The number of halogens is 3. The van der Waals surface area contributed by atoms with Crippen molar-refractivity contribution in [3.8, 4) is 0 Å². The van der Waals surface area contributed by atoms with Crippen LogP contribution in [0.15, 0.2) is 36.4 Å². The Bertz CT molecular complexity index is 624. The van der Waals surface area contributed by atoms with Gasteiger partial charge in [0.1, 0.15) is 6.10 Å². The number of ketones is 1. The Morgan fingerprint density at radius 2 is 1.72 bits per heavy atom. The maximum absolute atomic E-state index is 12.4. The van der Waals surface area contributed by atoms with Crippen molar-refractivity contribution in [1.82, 2.24) is 0 Å². The van der Waals surface area contributed by atoms with Crippen LogP contribution < -0.4 is 0 Å². The Balaban J connectivity index is 1.89. The maximum atomic E-state index is 12.4. The number of hydrogen-bond donors (Lipinski definition) is 0. The van der Waals surface area contributed by atoms with E-state index < -0.39 is 12.0 Å². The molecule has 1 aliphatic carbocycles. The second kappa shape index (κ2) is 8.32. The molecule has 0 atom stereocenters. The van der Waals surface area contributed by atoms with E-state index in [0.29, 0.717) is 0 Å². The van der Waals surface area contributed by atoms with E-state index in [9.17, 15) is 22.8 Å². The molecule has 1 aromatic rings. The van der Waals surface area contributed by atoms with Gasteiger partial charge in [0.2, 0.25) is 0 Å². The van der Waals surface area contributed by atoms with Gasteiger partial charge in [-0.3, -0.25) is 4.79 Å². The van der Waals surface area contributed by atoms with Gasteiger partial charge in [0.05, 0.1) is 0 Å². The summed E-state index contributed by atoms with van der Waals surface area (Å²) in [5.41, 5.74) is 0.566. The molecule has 0 unspecified atom stereocenters. The topological polar surface area (TPSA) is 43.4 Å². The number of hydrogen-bond acceptors (Lipinski definition) is 3. The van der Waals surface area contributed by atoms with Crippen LogP contribution >= 0.6 is 0 Å². The van der Waals surface area contributed by atoms with Gasteiger partial charge in [-0.2, -0.15) is 13.2 Å². The lowest BCUT2D eigenvalue weighted by molar-refractivity contribution is -0.144. The summed E-state index contributed by atoms with van der Waals surface area (Å²) in [6.07, 6.45) is 2.02. The van der Waals surface area contributed by atoms with Gasteiger partial charge >= 0.3 is 12.1 Å². The quantitative estimate of drug-likeness (QED) is 0.426. The molecule has 25 heavy (non-hydrogen) atoms. The van der Waals surface area contributed by atoms with Crippen LogP contribution in [-0.2, 0) is 9.53 Å². The van der Waals surface area contributed by atoms with Crippen molar-refractivity contribution < 1.29 is 27.5 Å². The van der Waals surface area contributed by atoms with Crippen LogP contribution in [0.1, 0.15) is 60.9 Å². The largest absolute Gasteiger partial charge is 0.459 e. The minimum atomic E-state index is -4.85. The van der Waals surface area contributed by atoms with Crippen LogP contribution in [0, 0.1) is 0 Å². The molecule has 0 amide bonds. The SMILES string of the molecule is CCC=CC(=O)OC1CCC(c2ccc(C(=O)C(F)(F)F)cc2)CC1. The van der Waals surface area contributed by atoms with Gasteiger partial charge in [0, 0.05) is 11.6 Å². The first-order valence-corrected chi connectivity index (χ1v) is 8.40. The lowest BCUT2D eigenvalue weighted by Gasteiger charge is -2.28. The second-order valence-electron chi connectivity index (χ2n) is 6.17. The van der Waals surface area contributed by atoms with Crippen LogP contribution in [0.2, 0.25) is 0 Å². The summed E-state index contributed by atoms with van der Waals surface area (Å²) < 4.78 is 42.6. The van der Waals surface area contributed by atoms with Crippen molar-refractivity contribution >= 4 is 11.8 Å². The molecule has 136 valence electrons. The Kier molecular flexibility index (Phi) is 6.39. The molecule has 0 spiro atoms. The highest BCUT2D eigenvalue weighted by atomic mass is 19.4. The van der Waals surface area contributed by atoms with Crippen molar-refractivity contribution in [2.75, 3.05) is 0 Å². The fraction of sp³-hybridized carbons (Fsp3) is 0.474. The Morgan fingerprint density at radius 3 is 2.24 bits per heavy atom. The molecular formula is C19H21F3O3. The molecule has 2 rings (SSSR count). The number of esters is 1. The van der Waals surface area contributed by atoms with Crippen LogP contribution in [0.3, 0.4) is 0 Å². The van der Waals surface area contributed by atoms with Crippen molar-refractivity contribution in [2.24, 2.45) is 0 Å². The summed E-state index contributed by atoms with van der Waals surface area (Å²) in [6.45, 7) is 1.93. The standard InChI is InChI=1S/C19H21F3O3/c1-2-3-4-17(23)25-16-11-9-14(10-12-16)13-5-7-15(8-6-13)18(24)19(20,21)22/h3-8,14,16H,2,9-12H2,1H3. The molecule has 0 N–H and O–H groups in total. The number of benzene rings is 1. The first kappa shape index (κ1) is 19.2. The molecule has 1 aliphatic rings. The minimum absolute atomic E-state index is 0.115. The van der Waals surface area contributed by atoms with E-state index in [1.54, 1.807) is 18.2 Å². The van der Waals surface area contributed by atoms with Crippen molar-refractivity contribution in [2.45, 2.75) is 57.2 Å². The lowest BCUT2D eigenvalue weighted by atomic mass is 9.82. The number of carbonyl (C=O) groups is 2. The number of rotatable bonds is 5. The summed E-state index contributed by atoms with van der Waals surface area (Å²) in [4.78, 5) is 22.8. The average molecular weight is 354 g/mol. The van der Waals surface area contributed by atoms with Crippen LogP contribution in [0.25, 0.3) is 0 Å². The second-order valence-corrected chi connectivity index (χ2v) is 6.17. The zero-order chi connectivity index (χ0) is 18.4. The summed E-state index contributed by atoms with van der Waals surface area (Å²) >= 11 is 0. The maximum Gasteiger partial charge on any atom is 0.454 e. The summed E-state index contributed by atoms with van der Waals surface area (Å²) in [5.74, 6) is -1.95. The third kappa shape index (κ3) is 5.44. The van der Waals surface area contributed by atoms with Crippen LogP contribution in [0.4, 0.5) is 13.2 Å². The summed E-state index contributed by atoms with van der Waals surface area (Å²) in [7, 11) is 0. The normalized spacial score (nSPS) is 21.3. The zero-order valence-corrected chi connectivity index (χ0v) is 14.0. The molecule has 0 radical (unpaired) electrons. The van der Waals surface area contributed by atoms with E-state index in [2.05, 4.69) is 0 Å². The fourth-order valence-corrected chi connectivity index (χ4v) is 3.00.